The van der Waals surface area contributed by atoms with E-state index < -0.39 is 12.0 Å². The molecule has 0 saturated carbocycles. The van der Waals surface area contributed by atoms with Crippen molar-refractivity contribution in [3.8, 4) is 0 Å². The fourth-order valence-electron chi connectivity index (χ4n) is 3.06. The van der Waals surface area contributed by atoms with Gasteiger partial charge in [-0.15, -0.1) is 0 Å². The Balaban J connectivity index is 2.07. The third-order valence-corrected chi connectivity index (χ3v) is 4.60. The van der Waals surface area contributed by atoms with E-state index in [-0.39, 0.29) is 24.3 Å². The van der Waals surface area contributed by atoms with Crippen LogP contribution in [-0.4, -0.2) is 61.4 Å². The molecular weight excluding hydrogens is 358 g/mol. The highest BCUT2D eigenvalue weighted by atomic mass is 16.5. The topological polar surface area (TPSA) is 79.0 Å². The van der Waals surface area contributed by atoms with E-state index in [0.717, 1.165) is 11.3 Å². The number of rotatable bonds is 6. The highest BCUT2D eigenvalue weighted by Gasteiger charge is 2.31. The quantitative estimate of drug-likeness (QED) is 0.759. The van der Waals surface area contributed by atoms with Crippen LogP contribution in [0.25, 0.3) is 6.08 Å². The Bertz CT molecular complexity index is 814. The Kier molecular flexibility index (Phi) is 6.98. The van der Waals surface area contributed by atoms with Crippen LogP contribution in [0, 0.1) is 5.92 Å². The van der Waals surface area contributed by atoms with Gasteiger partial charge in [0.2, 0.25) is 5.91 Å². The number of hydrogen-bond acceptors (Lipinski definition) is 5. The minimum Gasteiger partial charge on any atom is -0.467 e. The summed E-state index contributed by atoms with van der Waals surface area (Å²) in [7, 11) is 4.39. The van der Waals surface area contributed by atoms with Gasteiger partial charge in [0.15, 0.2) is 0 Å². The van der Waals surface area contributed by atoms with Gasteiger partial charge in [0.25, 0.3) is 5.91 Å². The highest BCUT2D eigenvalue weighted by molar-refractivity contribution is 5.99. The predicted octanol–water partition coefficient (Wildman–Crippen LogP) is 2.12. The van der Waals surface area contributed by atoms with E-state index in [9.17, 15) is 14.4 Å². The third-order valence-electron chi connectivity index (χ3n) is 4.60. The summed E-state index contributed by atoms with van der Waals surface area (Å²) in [4.78, 5) is 40.1. The van der Waals surface area contributed by atoms with E-state index in [1.807, 2.05) is 44.2 Å². The lowest BCUT2D eigenvalue weighted by molar-refractivity contribution is -0.154. The van der Waals surface area contributed by atoms with Gasteiger partial charge in [-0.05, 0) is 23.6 Å². The molecule has 1 aliphatic heterocycles. The Labute approximate surface area is 165 Å². The number of benzene rings is 1. The molecule has 1 aromatic rings. The number of ether oxygens (including phenoxy) is 1. The second-order valence-corrected chi connectivity index (χ2v) is 7.03. The minimum atomic E-state index is -0.703. The Hall–Kier alpha value is -3.09. The smallest absolute Gasteiger partial charge is 0.328 e. The number of methoxy groups -OCH3 is 1. The standard InChI is InChI=1S/C21H27N3O4/c1-14(2)19(21(27)28-5)24(4)18(25)13-23(3)20(26)17-12-8-10-15-9-6-7-11-16(15)22-17/h6-12,14,19,22H,13H2,1-5H3/t19-/m0/s1. The number of para-hydroxylation sites is 1. The summed E-state index contributed by atoms with van der Waals surface area (Å²) in [5, 5.41) is 3.12. The Morgan fingerprint density at radius 1 is 1.14 bits per heavy atom. The second-order valence-electron chi connectivity index (χ2n) is 7.03. The van der Waals surface area contributed by atoms with Crippen LogP contribution < -0.4 is 5.32 Å². The molecular formula is C21H27N3O4. The number of fused-ring (bicyclic) bond motifs is 1. The fraction of sp³-hybridized carbons (Fsp3) is 0.381. The molecule has 1 N–H and O–H groups in total. The lowest BCUT2D eigenvalue weighted by Gasteiger charge is -2.30. The van der Waals surface area contributed by atoms with E-state index in [1.165, 1.54) is 16.9 Å². The number of nitrogens with one attached hydrogen (secondary N) is 1. The number of hydrogen-bond donors (Lipinski definition) is 1. The molecule has 0 unspecified atom stereocenters. The van der Waals surface area contributed by atoms with Crippen molar-refractivity contribution in [2.24, 2.45) is 5.92 Å². The molecule has 1 heterocycles. The van der Waals surface area contributed by atoms with Gasteiger partial charge in [-0.25, -0.2) is 4.79 Å². The van der Waals surface area contributed by atoms with Crippen LogP contribution in [0.2, 0.25) is 0 Å². The zero-order valence-electron chi connectivity index (χ0n) is 16.9. The van der Waals surface area contributed by atoms with Gasteiger partial charge >= 0.3 is 5.97 Å². The molecule has 0 bridgehead atoms. The summed E-state index contributed by atoms with van der Waals surface area (Å²) in [6.45, 7) is 3.52. The maximum atomic E-state index is 12.8. The summed E-state index contributed by atoms with van der Waals surface area (Å²) in [5.41, 5.74) is 2.16. The van der Waals surface area contributed by atoms with E-state index in [2.05, 4.69) is 5.32 Å². The molecule has 0 aromatic heterocycles. The van der Waals surface area contributed by atoms with Crippen LogP contribution in [-0.2, 0) is 19.1 Å². The number of anilines is 1. The average Bonchev–Trinajstić information content (AvgIpc) is 2.89. The molecule has 28 heavy (non-hydrogen) atoms. The van der Waals surface area contributed by atoms with Crippen molar-refractivity contribution < 1.29 is 19.1 Å². The maximum absolute atomic E-state index is 12.8. The van der Waals surface area contributed by atoms with Crippen LogP contribution in [0.3, 0.4) is 0 Å². The molecule has 7 nitrogen and oxygen atoms in total. The molecule has 0 fully saturated rings. The Morgan fingerprint density at radius 2 is 1.82 bits per heavy atom. The molecule has 1 atom stereocenters. The molecule has 2 rings (SSSR count). The van der Waals surface area contributed by atoms with Gasteiger partial charge in [-0.2, -0.15) is 0 Å². The number of carbonyl (C=O) groups is 3. The zero-order chi connectivity index (χ0) is 20.8. The number of carbonyl (C=O) groups excluding carboxylic acids is 3. The van der Waals surface area contributed by atoms with Crippen LogP contribution in [0.5, 0.6) is 0 Å². The van der Waals surface area contributed by atoms with Crippen LogP contribution in [0.4, 0.5) is 5.69 Å². The van der Waals surface area contributed by atoms with Gasteiger partial charge in [0.1, 0.15) is 11.7 Å². The first kappa shape index (κ1) is 21.2. The first-order valence-electron chi connectivity index (χ1n) is 9.09. The molecule has 2 amide bonds. The number of amides is 2. The van der Waals surface area contributed by atoms with Gasteiger partial charge in [0.05, 0.1) is 13.7 Å². The fourth-order valence-corrected chi connectivity index (χ4v) is 3.06. The Morgan fingerprint density at radius 3 is 2.46 bits per heavy atom. The molecule has 1 aromatic carbocycles. The van der Waals surface area contributed by atoms with Gasteiger partial charge in [-0.3, -0.25) is 9.59 Å². The molecule has 150 valence electrons. The van der Waals surface area contributed by atoms with Crippen LogP contribution in [0.15, 0.2) is 42.1 Å². The molecule has 7 heteroatoms. The van der Waals surface area contributed by atoms with Crippen molar-refractivity contribution in [3.63, 3.8) is 0 Å². The normalized spacial score (nSPS) is 13.6. The molecule has 1 aliphatic rings. The minimum absolute atomic E-state index is 0.115. The first-order chi connectivity index (χ1) is 13.3. The second kappa shape index (κ2) is 9.21. The summed E-state index contributed by atoms with van der Waals surface area (Å²) >= 11 is 0. The van der Waals surface area contributed by atoms with Crippen LogP contribution >= 0.6 is 0 Å². The van der Waals surface area contributed by atoms with Gasteiger partial charge < -0.3 is 19.9 Å². The van der Waals surface area contributed by atoms with Crippen molar-refractivity contribution in [2.75, 3.05) is 33.1 Å². The van der Waals surface area contributed by atoms with Crippen molar-refractivity contribution >= 4 is 29.5 Å². The lowest BCUT2D eigenvalue weighted by Crippen LogP contribution is -2.50. The van der Waals surface area contributed by atoms with Gasteiger partial charge in [0, 0.05) is 19.8 Å². The van der Waals surface area contributed by atoms with Crippen molar-refractivity contribution in [1.29, 1.82) is 0 Å². The lowest BCUT2D eigenvalue weighted by atomic mass is 10.0. The van der Waals surface area contributed by atoms with E-state index in [1.54, 1.807) is 26.2 Å². The highest BCUT2D eigenvalue weighted by Crippen LogP contribution is 2.22. The zero-order valence-corrected chi connectivity index (χ0v) is 16.9. The summed E-state index contributed by atoms with van der Waals surface area (Å²) in [5.74, 6) is -1.25. The monoisotopic (exact) mass is 385 g/mol. The number of likely N-dealkylation sites (N-methyl/N-ethyl adjacent to an activating group) is 2. The molecule has 0 spiro atoms. The van der Waals surface area contributed by atoms with Crippen molar-refractivity contribution in [1.82, 2.24) is 9.80 Å². The first-order valence-corrected chi connectivity index (χ1v) is 9.09. The molecule has 0 saturated heterocycles. The SMILES string of the molecule is COC(=O)[C@H](C(C)C)N(C)C(=O)CN(C)C(=O)C1=CC=Cc2ccccc2N1. The molecule has 0 radical (unpaired) electrons. The number of allylic oxidation sites excluding steroid dienone is 2. The van der Waals surface area contributed by atoms with Gasteiger partial charge in [-0.1, -0.05) is 44.2 Å². The number of nitrogens with zero attached hydrogens (tertiary/aromatic N) is 2. The van der Waals surface area contributed by atoms with E-state index in [4.69, 9.17) is 4.74 Å². The summed E-state index contributed by atoms with van der Waals surface area (Å²) < 4.78 is 4.80. The largest absolute Gasteiger partial charge is 0.467 e. The third kappa shape index (κ3) is 4.79. The van der Waals surface area contributed by atoms with Crippen molar-refractivity contribution in [2.45, 2.75) is 19.9 Å². The number of esters is 1. The van der Waals surface area contributed by atoms with E-state index >= 15 is 0 Å². The molecule has 0 aliphatic carbocycles. The van der Waals surface area contributed by atoms with E-state index in [0.29, 0.717) is 5.70 Å². The maximum Gasteiger partial charge on any atom is 0.328 e. The van der Waals surface area contributed by atoms with Crippen LogP contribution in [0.1, 0.15) is 19.4 Å². The predicted molar refractivity (Wildman–Crippen MR) is 108 cm³/mol. The summed E-state index contributed by atoms with van der Waals surface area (Å²) in [6, 6.07) is 6.93. The van der Waals surface area contributed by atoms with Crippen molar-refractivity contribution in [3.05, 3.63) is 47.7 Å². The average molecular weight is 385 g/mol. The summed E-state index contributed by atoms with van der Waals surface area (Å²) in [6.07, 6.45) is 5.38.